The zero-order valence-electron chi connectivity index (χ0n) is 9.36. The molecule has 0 fully saturated rings. The van der Waals surface area contributed by atoms with E-state index in [4.69, 9.17) is 4.74 Å². The molecule has 80 valence electrons. The SMILES string of the molecule is COC(C(=O)C=C(C)C)c1ccccc1. The van der Waals surface area contributed by atoms with Crippen LogP contribution >= 0.6 is 0 Å². The van der Waals surface area contributed by atoms with E-state index >= 15 is 0 Å². The Kier molecular flexibility index (Phi) is 4.25. The summed E-state index contributed by atoms with van der Waals surface area (Å²) >= 11 is 0. The maximum atomic E-state index is 11.8. The van der Waals surface area contributed by atoms with Gasteiger partial charge in [0.1, 0.15) is 6.10 Å². The Morgan fingerprint density at radius 2 is 1.87 bits per heavy atom. The first-order valence-electron chi connectivity index (χ1n) is 4.91. The maximum absolute atomic E-state index is 11.8. The monoisotopic (exact) mass is 204 g/mol. The lowest BCUT2D eigenvalue weighted by atomic mass is 10.0. The Labute approximate surface area is 90.6 Å². The van der Waals surface area contributed by atoms with Crippen LogP contribution in [-0.4, -0.2) is 12.9 Å². The van der Waals surface area contributed by atoms with Crippen LogP contribution in [0.2, 0.25) is 0 Å². The van der Waals surface area contributed by atoms with E-state index in [0.29, 0.717) is 0 Å². The van der Waals surface area contributed by atoms with Gasteiger partial charge in [-0.15, -0.1) is 0 Å². The minimum Gasteiger partial charge on any atom is -0.369 e. The second-order valence-electron chi connectivity index (χ2n) is 3.65. The zero-order valence-corrected chi connectivity index (χ0v) is 9.36. The lowest BCUT2D eigenvalue weighted by molar-refractivity contribution is -0.124. The standard InChI is InChI=1S/C13H16O2/c1-10(2)9-12(14)13(15-3)11-7-5-4-6-8-11/h4-9,13H,1-3H3. The van der Waals surface area contributed by atoms with E-state index in [1.807, 2.05) is 44.2 Å². The molecule has 0 heterocycles. The quantitative estimate of drug-likeness (QED) is 0.705. The third kappa shape index (κ3) is 3.33. The molecule has 1 aromatic rings. The number of rotatable bonds is 4. The summed E-state index contributed by atoms with van der Waals surface area (Å²) in [5, 5.41) is 0. The summed E-state index contributed by atoms with van der Waals surface area (Å²) in [7, 11) is 1.55. The molecule has 0 aliphatic rings. The van der Waals surface area contributed by atoms with E-state index in [9.17, 15) is 4.79 Å². The van der Waals surface area contributed by atoms with Gasteiger partial charge in [-0.1, -0.05) is 35.9 Å². The van der Waals surface area contributed by atoms with Gasteiger partial charge in [0.15, 0.2) is 5.78 Å². The normalized spacial score (nSPS) is 11.9. The number of allylic oxidation sites excluding steroid dienone is 1. The molecule has 0 aliphatic heterocycles. The Hall–Kier alpha value is -1.41. The van der Waals surface area contributed by atoms with Crippen molar-refractivity contribution in [2.45, 2.75) is 20.0 Å². The molecule has 15 heavy (non-hydrogen) atoms. The van der Waals surface area contributed by atoms with E-state index < -0.39 is 6.10 Å². The summed E-state index contributed by atoms with van der Waals surface area (Å²) < 4.78 is 5.20. The molecule has 0 saturated heterocycles. The first kappa shape index (κ1) is 11.7. The molecule has 2 heteroatoms. The van der Waals surface area contributed by atoms with Crippen molar-refractivity contribution in [1.29, 1.82) is 0 Å². The fourth-order valence-corrected chi connectivity index (χ4v) is 1.40. The molecule has 1 rings (SSSR count). The van der Waals surface area contributed by atoms with Gasteiger partial charge in [0, 0.05) is 7.11 Å². The van der Waals surface area contributed by atoms with Gasteiger partial charge >= 0.3 is 0 Å². The molecule has 0 aliphatic carbocycles. The van der Waals surface area contributed by atoms with Crippen LogP contribution < -0.4 is 0 Å². The lowest BCUT2D eigenvalue weighted by Crippen LogP contribution is -2.12. The molecule has 1 unspecified atom stereocenters. The minimum absolute atomic E-state index is 0.0105. The second-order valence-corrected chi connectivity index (χ2v) is 3.65. The summed E-state index contributed by atoms with van der Waals surface area (Å²) in [6.45, 7) is 3.80. The third-order valence-corrected chi connectivity index (χ3v) is 2.03. The predicted molar refractivity (Wildman–Crippen MR) is 60.6 cm³/mol. The van der Waals surface area contributed by atoms with Crippen molar-refractivity contribution in [2.75, 3.05) is 7.11 Å². The number of ether oxygens (including phenoxy) is 1. The van der Waals surface area contributed by atoms with Crippen molar-refractivity contribution < 1.29 is 9.53 Å². The fraction of sp³-hybridized carbons (Fsp3) is 0.308. The van der Waals surface area contributed by atoms with Crippen molar-refractivity contribution in [3.63, 3.8) is 0 Å². The summed E-state index contributed by atoms with van der Waals surface area (Å²) in [6.07, 6.45) is 1.13. The van der Waals surface area contributed by atoms with Crippen LogP contribution in [0.25, 0.3) is 0 Å². The molecule has 0 saturated carbocycles. The Morgan fingerprint density at radius 3 is 2.33 bits per heavy atom. The van der Waals surface area contributed by atoms with Gasteiger partial charge in [0.25, 0.3) is 0 Å². The van der Waals surface area contributed by atoms with Gasteiger partial charge in [-0.05, 0) is 25.5 Å². The molecule has 0 bridgehead atoms. The Balaban J connectivity index is 2.90. The molecule has 1 aromatic carbocycles. The highest BCUT2D eigenvalue weighted by Crippen LogP contribution is 2.18. The molecular formula is C13H16O2. The van der Waals surface area contributed by atoms with Crippen LogP contribution in [0.5, 0.6) is 0 Å². The van der Waals surface area contributed by atoms with Crippen molar-refractivity contribution in [3.05, 3.63) is 47.5 Å². The fourth-order valence-electron chi connectivity index (χ4n) is 1.40. The van der Waals surface area contributed by atoms with E-state index in [2.05, 4.69) is 0 Å². The largest absolute Gasteiger partial charge is 0.369 e. The molecule has 2 nitrogen and oxygen atoms in total. The van der Waals surface area contributed by atoms with Crippen LogP contribution in [0.4, 0.5) is 0 Å². The van der Waals surface area contributed by atoms with Crippen LogP contribution in [0, 0.1) is 0 Å². The lowest BCUT2D eigenvalue weighted by Gasteiger charge is -2.12. The number of benzene rings is 1. The van der Waals surface area contributed by atoms with E-state index in [0.717, 1.165) is 11.1 Å². The summed E-state index contributed by atoms with van der Waals surface area (Å²) in [5.41, 5.74) is 1.88. The predicted octanol–water partition coefficient (Wildman–Crippen LogP) is 2.91. The van der Waals surface area contributed by atoms with Crippen LogP contribution in [-0.2, 0) is 9.53 Å². The number of carbonyl (C=O) groups is 1. The van der Waals surface area contributed by atoms with E-state index in [1.165, 1.54) is 0 Å². The summed E-state index contributed by atoms with van der Waals surface area (Å²) in [5.74, 6) is -0.0105. The highest BCUT2D eigenvalue weighted by molar-refractivity contribution is 5.94. The first-order chi connectivity index (χ1) is 7.15. The molecule has 1 atom stereocenters. The summed E-state index contributed by atoms with van der Waals surface area (Å²) in [6, 6.07) is 9.51. The van der Waals surface area contributed by atoms with Crippen LogP contribution in [0.15, 0.2) is 42.0 Å². The van der Waals surface area contributed by atoms with E-state index in [-0.39, 0.29) is 5.78 Å². The van der Waals surface area contributed by atoms with Crippen LogP contribution in [0.1, 0.15) is 25.5 Å². The smallest absolute Gasteiger partial charge is 0.188 e. The van der Waals surface area contributed by atoms with Crippen LogP contribution in [0.3, 0.4) is 0 Å². The highest BCUT2D eigenvalue weighted by atomic mass is 16.5. The molecule has 0 aromatic heterocycles. The average Bonchev–Trinajstić information content (AvgIpc) is 2.19. The minimum atomic E-state index is -0.485. The number of ketones is 1. The van der Waals surface area contributed by atoms with E-state index in [1.54, 1.807) is 13.2 Å². The average molecular weight is 204 g/mol. The number of carbonyl (C=O) groups excluding carboxylic acids is 1. The number of methoxy groups -OCH3 is 1. The Bertz CT molecular complexity index is 348. The molecule has 0 spiro atoms. The summed E-state index contributed by atoms with van der Waals surface area (Å²) in [4.78, 5) is 11.8. The topological polar surface area (TPSA) is 26.3 Å². The van der Waals surface area contributed by atoms with Crippen molar-refractivity contribution >= 4 is 5.78 Å². The molecule has 0 N–H and O–H groups in total. The number of hydrogen-bond donors (Lipinski definition) is 0. The van der Waals surface area contributed by atoms with Gasteiger partial charge in [0.2, 0.25) is 0 Å². The molecule has 0 amide bonds. The van der Waals surface area contributed by atoms with Gasteiger partial charge in [-0.25, -0.2) is 0 Å². The van der Waals surface area contributed by atoms with Gasteiger partial charge < -0.3 is 4.74 Å². The second kappa shape index (κ2) is 5.47. The third-order valence-electron chi connectivity index (χ3n) is 2.03. The first-order valence-corrected chi connectivity index (χ1v) is 4.91. The maximum Gasteiger partial charge on any atom is 0.188 e. The molecule has 0 radical (unpaired) electrons. The Morgan fingerprint density at radius 1 is 1.27 bits per heavy atom. The van der Waals surface area contributed by atoms with Crippen molar-refractivity contribution in [2.24, 2.45) is 0 Å². The van der Waals surface area contributed by atoms with Crippen molar-refractivity contribution in [3.8, 4) is 0 Å². The van der Waals surface area contributed by atoms with Gasteiger partial charge in [-0.3, -0.25) is 4.79 Å². The highest BCUT2D eigenvalue weighted by Gasteiger charge is 2.16. The van der Waals surface area contributed by atoms with Gasteiger partial charge in [0.05, 0.1) is 0 Å². The number of hydrogen-bond acceptors (Lipinski definition) is 2. The van der Waals surface area contributed by atoms with Gasteiger partial charge in [-0.2, -0.15) is 0 Å². The molecular weight excluding hydrogens is 188 g/mol. The van der Waals surface area contributed by atoms with Crippen molar-refractivity contribution in [1.82, 2.24) is 0 Å². The zero-order chi connectivity index (χ0) is 11.3.